The van der Waals surface area contributed by atoms with E-state index in [-0.39, 0.29) is 18.2 Å². The highest BCUT2D eigenvalue weighted by Gasteiger charge is 2.34. The van der Waals surface area contributed by atoms with Gasteiger partial charge in [-0.2, -0.15) is 0 Å². The highest BCUT2D eigenvalue weighted by Crippen LogP contribution is 2.16. The van der Waals surface area contributed by atoms with Crippen LogP contribution in [0, 0.1) is 0 Å². The van der Waals surface area contributed by atoms with Crippen LogP contribution in [0.15, 0.2) is 0 Å². The molecule has 0 bridgehead atoms. The van der Waals surface area contributed by atoms with Crippen molar-refractivity contribution in [2.24, 2.45) is 0 Å². The molecule has 110 valence electrons. The number of hydrogen-bond donors (Lipinski definition) is 2. The van der Waals surface area contributed by atoms with Gasteiger partial charge in [-0.3, -0.25) is 9.59 Å². The van der Waals surface area contributed by atoms with Crippen molar-refractivity contribution in [3.8, 4) is 0 Å². The maximum atomic E-state index is 12.3. The Morgan fingerprint density at radius 2 is 2.16 bits per heavy atom. The highest BCUT2D eigenvalue weighted by molar-refractivity contribution is 5.88. The average molecular weight is 271 g/mol. The van der Waals surface area contributed by atoms with Crippen molar-refractivity contribution >= 4 is 11.8 Å². The number of rotatable bonds is 5. The first-order chi connectivity index (χ1) is 8.91. The molecule has 2 amide bonds. The van der Waals surface area contributed by atoms with Gasteiger partial charge in [0.05, 0.1) is 12.0 Å². The van der Waals surface area contributed by atoms with Gasteiger partial charge in [-0.15, -0.1) is 0 Å². The van der Waals surface area contributed by atoms with E-state index in [0.717, 1.165) is 6.54 Å². The first kappa shape index (κ1) is 15.9. The summed E-state index contributed by atoms with van der Waals surface area (Å²) in [7, 11) is 1.59. The third kappa shape index (κ3) is 4.47. The number of ether oxygens (including phenoxy) is 1. The number of carbonyl (C=O) groups excluding carboxylic acids is 2. The molecule has 0 radical (unpaired) electrons. The summed E-state index contributed by atoms with van der Waals surface area (Å²) < 4.78 is 5.28. The molecule has 1 atom stereocenters. The standard InChI is InChI=1S/C13H25N3O3/c1-5-15-12(18)10-9-14-6-7-16(10)11(17)8-13(2,3)19-4/h10,14H,5-9H2,1-4H3,(H,15,18). The van der Waals surface area contributed by atoms with Gasteiger partial charge in [0.15, 0.2) is 0 Å². The molecule has 1 fully saturated rings. The van der Waals surface area contributed by atoms with Gasteiger partial charge < -0.3 is 20.3 Å². The van der Waals surface area contributed by atoms with E-state index < -0.39 is 11.6 Å². The summed E-state index contributed by atoms with van der Waals surface area (Å²) in [4.78, 5) is 26.0. The van der Waals surface area contributed by atoms with E-state index in [4.69, 9.17) is 4.74 Å². The molecule has 6 heteroatoms. The van der Waals surface area contributed by atoms with E-state index in [0.29, 0.717) is 19.6 Å². The van der Waals surface area contributed by atoms with Crippen molar-refractivity contribution in [3.63, 3.8) is 0 Å². The maximum Gasteiger partial charge on any atom is 0.244 e. The molecular weight excluding hydrogens is 246 g/mol. The molecule has 1 unspecified atom stereocenters. The van der Waals surface area contributed by atoms with Crippen LogP contribution in [0.2, 0.25) is 0 Å². The molecule has 1 heterocycles. The molecule has 1 aliphatic rings. The van der Waals surface area contributed by atoms with Crippen LogP contribution in [0.1, 0.15) is 27.2 Å². The van der Waals surface area contributed by atoms with E-state index >= 15 is 0 Å². The molecule has 0 aromatic heterocycles. The summed E-state index contributed by atoms with van der Waals surface area (Å²) in [6.07, 6.45) is 0.277. The quantitative estimate of drug-likeness (QED) is 0.722. The van der Waals surface area contributed by atoms with E-state index in [9.17, 15) is 9.59 Å². The van der Waals surface area contributed by atoms with Crippen molar-refractivity contribution in [2.75, 3.05) is 33.3 Å². The average Bonchev–Trinajstić information content (AvgIpc) is 2.38. The van der Waals surface area contributed by atoms with Crippen LogP contribution in [0.4, 0.5) is 0 Å². The summed E-state index contributed by atoms with van der Waals surface area (Å²) in [5.41, 5.74) is -0.506. The van der Waals surface area contributed by atoms with Crippen LogP contribution >= 0.6 is 0 Å². The van der Waals surface area contributed by atoms with Gasteiger partial charge in [0.25, 0.3) is 0 Å². The number of nitrogens with zero attached hydrogens (tertiary/aromatic N) is 1. The first-order valence-corrected chi connectivity index (χ1v) is 6.74. The van der Waals surface area contributed by atoms with Gasteiger partial charge >= 0.3 is 0 Å². The highest BCUT2D eigenvalue weighted by atomic mass is 16.5. The largest absolute Gasteiger partial charge is 0.378 e. The SMILES string of the molecule is CCNC(=O)C1CNCCN1C(=O)CC(C)(C)OC. The van der Waals surface area contributed by atoms with Crippen LogP contribution in [0.5, 0.6) is 0 Å². The molecule has 0 spiro atoms. The lowest BCUT2D eigenvalue weighted by atomic mass is 10.0. The maximum absolute atomic E-state index is 12.3. The minimum Gasteiger partial charge on any atom is -0.378 e. The second kappa shape index (κ2) is 6.86. The Kier molecular flexibility index (Phi) is 5.75. The Morgan fingerprint density at radius 3 is 2.74 bits per heavy atom. The third-order valence-electron chi connectivity index (χ3n) is 3.35. The molecule has 0 aromatic carbocycles. The van der Waals surface area contributed by atoms with E-state index in [1.165, 1.54) is 0 Å². The van der Waals surface area contributed by atoms with E-state index in [2.05, 4.69) is 10.6 Å². The van der Waals surface area contributed by atoms with Crippen LogP contribution in [0.25, 0.3) is 0 Å². The van der Waals surface area contributed by atoms with E-state index in [1.807, 2.05) is 20.8 Å². The van der Waals surface area contributed by atoms with Gasteiger partial charge in [0.2, 0.25) is 11.8 Å². The number of piperazine rings is 1. The molecule has 0 saturated carbocycles. The lowest BCUT2D eigenvalue weighted by molar-refractivity contribution is -0.145. The summed E-state index contributed by atoms with van der Waals surface area (Å²) in [5.74, 6) is -0.136. The topological polar surface area (TPSA) is 70.7 Å². The molecular formula is C13H25N3O3. The predicted octanol–water partition coefficient (Wildman–Crippen LogP) is -0.262. The van der Waals surface area contributed by atoms with Crippen molar-refractivity contribution in [3.05, 3.63) is 0 Å². The Labute approximate surface area is 114 Å². The minimum absolute atomic E-state index is 0.0374. The van der Waals surface area contributed by atoms with Crippen molar-refractivity contribution in [1.82, 2.24) is 15.5 Å². The number of hydrogen-bond acceptors (Lipinski definition) is 4. The number of methoxy groups -OCH3 is 1. The van der Waals surface area contributed by atoms with Crippen LogP contribution in [-0.2, 0) is 14.3 Å². The minimum atomic E-state index is -0.506. The van der Waals surface area contributed by atoms with Crippen LogP contribution in [0.3, 0.4) is 0 Å². The van der Waals surface area contributed by atoms with Crippen molar-refractivity contribution < 1.29 is 14.3 Å². The lowest BCUT2D eigenvalue weighted by Crippen LogP contribution is -2.60. The zero-order valence-corrected chi connectivity index (χ0v) is 12.3. The second-order valence-electron chi connectivity index (χ2n) is 5.34. The molecule has 1 rings (SSSR count). The fourth-order valence-corrected chi connectivity index (χ4v) is 2.07. The molecule has 2 N–H and O–H groups in total. The van der Waals surface area contributed by atoms with E-state index in [1.54, 1.807) is 12.0 Å². The zero-order valence-electron chi connectivity index (χ0n) is 12.3. The normalized spacial score (nSPS) is 20.2. The summed E-state index contributed by atoms with van der Waals surface area (Å²) in [5, 5.41) is 5.92. The Bertz CT molecular complexity index is 331. The van der Waals surface area contributed by atoms with Gasteiger partial charge in [0.1, 0.15) is 6.04 Å². The summed E-state index contributed by atoms with van der Waals surface area (Å²) in [6, 6.07) is -0.422. The summed E-state index contributed by atoms with van der Waals surface area (Å²) >= 11 is 0. The number of likely N-dealkylation sites (N-methyl/N-ethyl adjacent to an activating group) is 1. The second-order valence-corrected chi connectivity index (χ2v) is 5.34. The van der Waals surface area contributed by atoms with Crippen LogP contribution in [-0.4, -0.2) is 61.6 Å². The van der Waals surface area contributed by atoms with Gasteiger partial charge in [-0.1, -0.05) is 0 Å². The predicted molar refractivity (Wildman–Crippen MR) is 72.8 cm³/mol. The first-order valence-electron chi connectivity index (χ1n) is 6.74. The number of amides is 2. The fraction of sp³-hybridized carbons (Fsp3) is 0.846. The fourth-order valence-electron chi connectivity index (χ4n) is 2.07. The molecule has 19 heavy (non-hydrogen) atoms. The lowest BCUT2D eigenvalue weighted by Gasteiger charge is -2.37. The van der Waals surface area contributed by atoms with Gasteiger partial charge in [-0.05, 0) is 20.8 Å². The van der Waals surface area contributed by atoms with Crippen molar-refractivity contribution in [2.45, 2.75) is 38.8 Å². The summed E-state index contributed by atoms with van der Waals surface area (Å²) in [6.45, 7) is 7.96. The smallest absolute Gasteiger partial charge is 0.244 e. The number of carbonyl (C=O) groups is 2. The number of nitrogens with one attached hydrogen (secondary N) is 2. The molecule has 6 nitrogen and oxygen atoms in total. The molecule has 0 aromatic rings. The molecule has 0 aliphatic carbocycles. The Hall–Kier alpha value is -1.14. The molecule has 1 aliphatic heterocycles. The zero-order chi connectivity index (χ0) is 14.5. The molecule has 1 saturated heterocycles. The monoisotopic (exact) mass is 271 g/mol. The Balaban J connectivity index is 2.71. The third-order valence-corrected chi connectivity index (χ3v) is 3.35. The van der Waals surface area contributed by atoms with Gasteiger partial charge in [-0.25, -0.2) is 0 Å². The van der Waals surface area contributed by atoms with Crippen molar-refractivity contribution in [1.29, 1.82) is 0 Å². The van der Waals surface area contributed by atoms with Gasteiger partial charge in [0, 0.05) is 33.3 Å². The van der Waals surface area contributed by atoms with Crippen LogP contribution < -0.4 is 10.6 Å². The Morgan fingerprint density at radius 1 is 1.47 bits per heavy atom.